The van der Waals surface area contributed by atoms with Gasteiger partial charge in [0.25, 0.3) is 0 Å². The van der Waals surface area contributed by atoms with E-state index >= 15 is 0 Å². The lowest BCUT2D eigenvalue weighted by Crippen LogP contribution is -2.14. The fourth-order valence-corrected chi connectivity index (χ4v) is 2.51. The molecule has 0 fully saturated rings. The molecule has 2 rings (SSSR count). The Labute approximate surface area is 133 Å². The van der Waals surface area contributed by atoms with Crippen LogP contribution >= 0.6 is 15.9 Å². The second-order valence-electron chi connectivity index (χ2n) is 5.09. The normalized spacial score (nSPS) is 12.2. The zero-order chi connectivity index (χ0) is 15.4. The van der Waals surface area contributed by atoms with Crippen LogP contribution in [0.15, 0.2) is 40.9 Å². The highest BCUT2D eigenvalue weighted by molar-refractivity contribution is 9.10. The predicted octanol–water partition coefficient (Wildman–Crippen LogP) is 4.76. The Morgan fingerprint density at radius 1 is 1.24 bits per heavy atom. The van der Waals surface area contributed by atoms with E-state index in [2.05, 4.69) is 41.2 Å². The lowest BCUT2D eigenvalue weighted by atomic mass is 10.0. The van der Waals surface area contributed by atoms with Gasteiger partial charge in [-0.25, -0.2) is 4.39 Å². The molecule has 0 saturated carbocycles. The number of rotatable bonds is 5. The van der Waals surface area contributed by atoms with Gasteiger partial charge in [-0.3, -0.25) is 0 Å². The van der Waals surface area contributed by atoms with Crippen molar-refractivity contribution in [1.82, 2.24) is 5.32 Å². The van der Waals surface area contributed by atoms with E-state index in [1.54, 1.807) is 12.1 Å². The van der Waals surface area contributed by atoms with E-state index in [1.165, 1.54) is 11.6 Å². The first-order valence-corrected chi connectivity index (χ1v) is 7.65. The van der Waals surface area contributed by atoms with Gasteiger partial charge in [-0.2, -0.15) is 0 Å². The predicted molar refractivity (Wildman–Crippen MR) is 87.1 cm³/mol. The van der Waals surface area contributed by atoms with Crippen LogP contribution in [-0.4, -0.2) is 7.05 Å². The van der Waals surface area contributed by atoms with Crippen LogP contribution in [-0.2, 0) is 6.61 Å². The molecule has 0 aliphatic rings. The molecule has 1 atom stereocenters. The highest BCUT2D eigenvalue weighted by Crippen LogP contribution is 2.27. The fourth-order valence-electron chi connectivity index (χ4n) is 2.08. The molecule has 112 valence electrons. The minimum Gasteiger partial charge on any atom is -0.489 e. The van der Waals surface area contributed by atoms with Crippen LogP contribution in [0.4, 0.5) is 4.39 Å². The Bertz CT molecular complexity index is 630. The summed E-state index contributed by atoms with van der Waals surface area (Å²) in [6, 6.07) is 11.3. The van der Waals surface area contributed by atoms with Crippen molar-refractivity contribution in [3.63, 3.8) is 0 Å². The van der Waals surface area contributed by atoms with Crippen LogP contribution in [0, 0.1) is 12.7 Å². The molecule has 0 aliphatic carbocycles. The molecule has 1 unspecified atom stereocenters. The Kier molecular flexibility index (Phi) is 5.37. The summed E-state index contributed by atoms with van der Waals surface area (Å²) in [4.78, 5) is 0. The summed E-state index contributed by atoms with van der Waals surface area (Å²) in [7, 11) is 1.92. The van der Waals surface area contributed by atoms with Crippen molar-refractivity contribution < 1.29 is 9.13 Å². The molecule has 2 nitrogen and oxygen atoms in total. The van der Waals surface area contributed by atoms with Crippen LogP contribution < -0.4 is 10.1 Å². The molecule has 0 spiro atoms. The number of benzene rings is 2. The molecule has 1 N–H and O–H groups in total. The second kappa shape index (κ2) is 7.05. The first-order valence-electron chi connectivity index (χ1n) is 6.86. The summed E-state index contributed by atoms with van der Waals surface area (Å²) in [6.07, 6.45) is 0. The maximum absolute atomic E-state index is 13.2. The lowest BCUT2D eigenvalue weighted by molar-refractivity contribution is 0.300. The van der Waals surface area contributed by atoms with Gasteiger partial charge in [0.1, 0.15) is 18.2 Å². The minimum absolute atomic E-state index is 0.208. The number of halogens is 2. The summed E-state index contributed by atoms with van der Waals surface area (Å²) in [5, 5.41) is 3.23. The summed E-state index contributed by atoms with van der Waals surface area (Å²) in [6.45, 7) is 4.56. The van der Waals surface area contributed by atoms with Crippen LogP contribution in [0.25, 0.3) is 0 Å². The molecule has 2 aromatic carbocycles. The molecular formula is C17H19BrFNO. The van der Waals surface area contributed by atoms with E-state index in [4.69, 9.17) is 4.74 Å². The monoisotopic (exact) mass is 351 g/mol. The SMILES string of the molecule is CNC(C)c1cc(C)ccc1OCc1ccc(F)c(Br)c1. The highest BCUT2D eigenvalue weighted by atomic mass is 79.9. The average Bonchev–Trinajstić information content (AvgIpc) is 2.48. The molecule has 0 radical (unpaired) electrons. The Hall–Kier alpha value is -1.39. The van der Waals surface area contributed by atoms with Gasteiger partial charge in [0.2, 0.25) is 0 Å². The molecule has 0 heterocycles. The van der Waals surface area contributed by atoms with Gasteiger partial charge >= 0.3 is 0 Å². The van der Waals surface area contributed by atoms with Gasteiger partial charge in [-0.1, -0.05) is 23.8 Å². The van der Waals surface area contributed by atoms with Gasteiger partial charge in [-0.05, 0) is 60.6 Å². The van der Waals surface area contributed by atoms with Crippen molar-refractivity contribution in [3.05, 3.63) is 63.4 Å². The number of hydrogen-bond acceptors (Lipinski definition) is 2. The molecule has 0 aliphatic heterocycles. The number of ether oxygens (including phenoxy) is 1. The number of hydrogen-bond donors (Lipinski definition) is 1. The molecule has 0 bridgehead atoms. The van der Waals surface area contributed by atoms with E-state index in [-0.39, 0.29) is 11.9 Å². The van der Waals surface area contributed by atoms with Crippen LogP contribution in [0.1, 0.15) is 29.7 Å². The van der Waals surface area contributed by atoms with E-state index in [0.29, 0.717) is 11.1 Å². The molecular weight excluding hydrogens is 333 g/mol. The van der Waals surface area contributed by atoms with Gasteiger partial charge in [0.15, 0.2) is 0 Å². The first kappa shape index (κ1) is 16.0. The highest BCUT2D eigenvalue weighted by Gasteiger charge is 2.11. The third-order valence-corrected chi connectivity index (χ3v) is 4.05. The summed E-state index contributed by atoms with van der Waals surface area (Å²) in [5.74, 6) is 0.585. The topological polar surface area (TPSA) is 21.3 Å². The zero-order valence-electron chi connectivity index (χ0n) is 12.4. The Balaban J connectivity index is 2.17. The lowest BCUT2D eigenvalue weighted by Gasteiger charge is -2.17. The van der Waals surface area contributed by atoms with E-state index in [0.717, 1.165) is 16.9 Å². The summed E-state index contributed by atoms with van der Waals surface area (Å²) < 4.78 is 19.6. The van der Waals surface area contributed by atoms with Gasteiger partial charge < -0.3 is 10.1 Å². The third-order valence-electron chi connectivity index (χ3n) is 3.44. The van der Waals surface area contributed by atoms with Crippen molar-refractivity contribution in [2.75, 3.05) is 7.05 Å². The minimum atomic E-state index is -0.265. The molecule has 0 aromatic heterocycles. The molecule has 0 amide bonds. The van der Waals surface area contributed by atoms with Crippen molar-refractivity contribution in [3.8, 4) is 5.75 Å². The van der Waals surface area contributed by atoms with E-state index in [1.807, 2.05) is 19.2 Å². The quantitative estimate of drug-likeness (QED) is 0.838. The summed E-state index contributed by atoms with van der Waals surface area (Å²) >= 11 is 3.19. The van der Waals surface area contributed by atoms with Crippen molar-refractivity contribution >= 4 is 15.9 Å². The average molecular weight is 352 g/mol. The maximum atomic E-state index is 13.2. The second-order valence-corrected chi connectivity index (χ2v) is 5.94. The van der Waals surface area contributed by atoms with Crippen molar-refractivity contribution in [2.45, 2.75) is 26.5 Å². The largest absolute Gasteiger partial charge is 0.489 e. The molecule has 4 heteroatoms. The first-order chi connectivity index (χ1) is 10.0. The van der Waals surface area contributed by atoms with Crippen LogP contribution in [0.5, 0.6) is 5.75 Å². The Morgan fingerprint density at radius 2 is 2.00 bits per heavy atom. The standard InChI is InChI=1S/C17H19BrFNO/c1-11-4-7-17(14(8-11)12(2)20-3)21-10-13-5-6-16(19)15(18)9-13/h4-9,12,20H,10H2,1-3H3. The molecule has 21 heavy (non-hydrogen) atoms. The van der Waals surface area contributed by atoms with E-state index in [9.17, 15) is 4.39 Å². The fraction of sp³-hybridized carbons (Fsp3) is 0.294. The van der Waals surface area contributed by atoms with Gasteiger partial charge in [0, 0.05) is 11.6 Å². The third kappa shape index (κ3) is 4.05. The Morgan fingerprint density at radius 3 is 2.67 bits per heavy atom. The van der Waals surface area contributed by atoms with Gasteiger partial charge in [-0.15, -0.1) is 0 Å². The molecule has 0 saturated heterocycles. The van der Waals surface area contributed by atoms with Crippen LogP contribution in [0.3, 0.4) is 0 Å². The summed E-state index contributed by atoms with van der Waals surface area (Å²) in [5.41, 5.74) is 3.24. The van der Waals surface area contributed by atoms with Crippen LogP contribution in [0.2, 0.25) is 0 Å². The van der Waals surface area contributed by atoms with Crippen molar-refractivity contribution in [1.29, 1.82) is 0 Å². The zero-order valence-corrected chi connectivity index (χ0v) is 14.0. The number of aryl methyl sites for hydroxylation is 1. The molecule has 2 aromatic rings. The number of nitrogens with one attached hydrogen (secondary N) is 1. The van der Waals surface area contributed by atoms with E-state index < -0.39 is 0 Å². The van der Waals surface area contributed by atoms with Gasteiger partial charge in [0.05, 0.1) is 4.47 Å². The smallest absolute Gasteiger partial charge is 0.137 e. The van der Waals surface area contributed by atoms with Crippen molar-refractivity contribution in [2.24, 2.45) is 0 Å². The maximum Gasteiger partial charge on any atom is 0.137 e.